The molecule has 1 fully saturated rings. The Kier molecular flexibility index (Phi) is 4.50. The van der Waals surface area contributed by atoms with Crippen molar-refractivity contribution in [2.75, 3.05) is 26.3 Å². The fourth-order valence-electron chi connectivity index (χ4n) is 2.81. The van der Waals surface area contributed by atoms with E-state index < -0.39 is 0 Å². The maximum Gasteiger partial charge on any atom is 0.181 e. The van der Waals surface area contributed by atoms with E-state index in [0.29, 0.717) is 6.04 Å². The van der Waals surface area contributed by atoms with Gasteiger partial charge in [0.05, 0.1) is 13.2 Å². The minimum Gasteiger partial charge on any atom is -0.379 e. The van der Waals surface area contributed by atoms with Gasteiger partial charge in [0.2, 0.25) is 0 Å². The van der Waals surface area contributed by atoms with Crippen LogP contribution in [0.15, 0.2) is 24.3 Å². The molecule has 124 valence electrons. The van der Waals surface area contributed by atoms with Crippen LogP contribution in [-0.2, 0) is 10.2 Å². The number of aromatic amines is 1. The smallest absolute Gasteiger partial charge is 0.181 e. The average Bonchev–Trinajstić information content (AvgIpc) is 3.05. The molecule has 0 aliphatic carbocycles. The summed E-state index contributed by atoms with van der Waals surface area (Å²) in [5.41, 5.74) is 2.35. The summed E-state index contributed by atoms with van der Waals surface area (Å²) in [7, 11) is 0. The maximum atomic E-state index is 5.43. The lowest BCUT2D eigenvalue weighted by Crippen LogP contribution is -2.37. The third-order valence-electron chi connectivity index (χ3n) is 4.44. The molecule has 5 nitrogen and oxygen atoms in total. The van der Waals surface area contributed by atoms with E-state index in [2.05, 4.69) is 72.0 Å². The van der Waals surface area contributed by atoms with Crippen molar-refractivity contribution in [3.8, 4) is 11.4 Å². The molecule has 3 rings (SSSR count). The van der Waals surface area contributed by atoms with Gasteiger partial charge in [-0.2, -0.15) is 5.10 Å². The van der Waals surface area contributed by atoms with Gasteiger partial charge in [0.1, 0.15) is 5.82 Å². The monoisotopic (exact) mass is 314 g/mol. The Labute approximate surface area is 138 Å². The summed E-state index contributed by atoms with van der Waals surface area (Å²) in [5.74, 6) is 1.68. The second-order valence-electron chi connectivity index (χ2n) is 7.20. The second kappa shape index (κ2) is 6.42. The molecule has 1 N–H and O–H groups in total. The van der Waals surface area contributed by atoms with Crippen LogP contribution in [0.1, 0.15) is 45.1 Å². The Bertz CT molecular complexity index is 636. The van der Waals surface area contributed by atoms with E-state index in [0.717, 1.165) is 43.5 Å². The average molecular weight is 314 g/mol. The highest BCUT2D eigenvalue weighted by atomic mass is 16.5. The quantitative estimate of drug-likeness (QED) is 0.945. The molecule has 1 aliphatic rings. The third-order valence-corrected chi connectivity index (χ3v) is 4.44. The SMILES string of the molecule is CC(c1ccc(-c2n[nH]c(C(C)(C)C)n2)cc1)N1CCOCC1. The summed E-state index contributed by atoms with van der Waals surface area (Å²) >= 11 is 0. The predicted octanol–water partition coefficient (Wildman–Crippen LogP) is 3.16. The number of aromatic nitrogens is 3. The lowest BCUT2D eigenvalue weighted by Gasteiger charge is -2.32. The van der Waals surface area contributed by atoms with Crippen LogP contribution in [0.2, 0.25) is 0 Å². The first-order valence-corrected chi connectivity index (χ1v) is 8.30. The Hall–Kier alpha value is -1.72. The first-order chi connectivity index (χ1) is 10.9. The van der Waals surface area contributed by atoms with Gasteiger partial charge in [-0.1, -0.05) is 45.0 Å². The zero-order valence-electron chi connectivity index (χ0n) is 14.5. The van der Waals surface area contributed by atoms with E-state index in [1.165, 1.54) is 5.56 Å². The number of ether oxygens (including phenoxy) is 1. The van der Waals surface area contributed by atoms with Crippen molar-refractivity contribution in [3.05, 3.63) is 35.7 Å². The maximum absolute atomic E-state index is 5.43. The van der Waals surface area contributed by atoms with Gasteiger partial charge in [0.15, 0.2) is 5.82 Å². The molecule has 1 aromatic heterocycles. The van der Waals surface area contributed by atoms with Crippen molar-refractivity contribution in [1.82, 2.24) is 20.1 Å². The minimum atomic E-state index is -0.0178. The van der Waals surface area contributed by atoms with Crippen LogP contribution in [-0.4, -0.2) is 46.4 Å². The summed E-state index contributed by atoms with van der Waals surface area (Å²) < 4.78 is 5.43. The number of nitrogens with zero attached hydrogens (tertiary/aromatic N) is 3. The molecule has 1 aromatic carbocycles. The fraction of sp³-hybridized carbons (Fsp3) is 0.556. The number of hydrogen-bond donors (Lipinski definition) is 1. The van der Waals surface area contributed by atoms with Crippen LogP contribution in [0.3, 0.4) is 0 Å². The van der Waals surface area contributed by atoms with E-state index in [1.54, 1.807) is 0 Å². The van der Waals surface area contributed by atoms with Crippen LogP contribution in [0.4, 0.5) is 0 Å². The lowest BCUT2D eigenvalue weighted by atomic mass is 9.96. The molecule has 0 amide bonds. The van der Waals surface area contributed by atoms with Crippen molar-refractivity contribution in [3.63, 3.8) is 0 Å². The summed E-state index contributed by atoms with van der Waals surface area (Å²) in [4.78, 5) is 7.08. The molecular weight excluding hydrogens is 288 g/mol. The van der Waals surface area contributed by atoms with Gasteiger partial charge in [-0.15, -0.1) is 0 Å². The van der Waals surface area contributed by atoms with Gasteiger partial charge < -0.3 is 4.74 Å². The van der Waals surface area contributed by atoms with Crippen molar-refractivity contribution in [2.24, 2.45) is 0 Å². The predicted molar refractivity (Wildman–Crippen MR) is 91.3 cm³/mol. The van der Waals surface area contributed by atoms with Crippen LogP contribution in [0.25, 0.3) is 11.4 Å². The largest absolute Gasteiger partial charge is 0.379 e. The number of hydrogen-bond acceptors (Lipinski definition) is 4. The number of H-pyrrole nitrogens is 1. The molecule has 0 saturated carbocycles. The Morgan fingerprint density at radius 3 is 2.35 bits per heavy atom. The van der Waals surface area contributed by atoms with Gasteiger partial charge >= 0.3 is 0 Å². The molecule has 0 spiro atoms. The van der Waals surface area contributed by atoms with E-state index in [-0.39, 0.29) is 5.41 Å². The highest BCUT2D eigenvalue weighted by molar-refractivity contribution is 5.55. The molecule has 0 radical (unpaired) electrons. The molecule has 1 saturated heterocycles. The lowest BCUT2D eigenvalue weighted by molar-refractivity contribution is 0.0198. The first kappa shape index (κ1) is 16.1. The van der Waals surface area contributed by atoms with Gasteiger partial charge in [-0.25, -0.2) is 4.98 Å². The summed E-state index contributed by atoms with van der Waals surface area (Å²) in [6.45, 7) is 12.3. The molecule has 1 atom stereocenters. The normalized spacial score (nSPS) is 18.1. The number of morpholine rings is 1. The fourth-order valence-corrected chi connectivity index (χ4v) is 2.81. The number of benzene rings is 1. The first-order valence-electron chi connectivity index (χ1n) is 8.30. The van der Waals surface area contributed by atoms with Crippen molar-refractivity contribution in [2.45, 2.75) is 39.2 Å². The van der Waals surface area contributed by atoms with Crippen molar-refractivity contribution >= 4 is 0 Å². The molecule has 5 heteroatoms. The van der Waals surface area contributed by atoms with Gasteiger partial charge in [-0.05, 0) is 12.5 Å². The molecule has 2 aromatic rings. The molecule has 1 unspecified atom stereocenters. The number of rotatable bonds is 3. The molecule has 23 heavy (non-hydrogen) atoms. The van der Waals surface area contributed by atoms with E-state index in [1.807, 2.05) is 0 Å². The summed E-state index contributed by atoms with van der Waals surface area (Å²) in [6.07, 6.45) is 0. The van der Waals surface area contributed by atoms with Gasteiger partial charge in [-0.3, -0.25) is 10.00 Å². The van der Waals surface area contributed by atoms with Crippen LogP contribution in [0.5, 0.6) is 0 Å². The van der Waals surface area contributed by atoms with Crippen molar-refractivity contribution < 1.29 is 4.74 Å². The van der Waals surface area contributed by atoms with Crippen LogP contribution >= 0.6 is 0 Å². The second-order valence-corrected chi connectivity index (χ2v) is 7.20. The number of nitrogens with one attached hydrogen (secondary N) is 1. The third kappa shape index (κ3) is 3.62. The van der Waals surface area contributed by atoms with Crippen LogP contribution in [0, 0.1) is 0 Å². The highest BCUT2D eigenvalue weighted by Gasteiger charge is 2.20. The van der Waals surface area contributed by atoms with Crippen LogP contribution < -0.4 is 0 Å². The zero-order valence-corrected chi connectivity index (χ0v) is 14.5. The van der Waals surface area contributed by atoms with Crippen molar-refractivity contribution in [1.29, 1.82) is 0 Å². The minimum absolute atomic E-state index is 0.0178. The van der Waals surface area contributed by atoms with E-state index in [4.69, 9.17) is 4.74 Å². The molecule has 2 heterocycles. The molecule has 1 aliphatic heterocycles. The Balaban J connectivity index is 1.75. The Morgan fingerprint density at radius 1 is 1.13 bits per heavy atom. The molecular formula is C18H26N4O. The van der Waals surface area contributed by atoms with E-state index >= 15 is 0 Å². The topological polar surface area (TPSA) is 54.0 Å². The Morgan fingerprint density at radius 2 is 1.78 bits per heavy atom. The van der Waals surface area contributed by atoms with E-state index in [9.17, 15) is 0 Å². The van der Waals surface area contributed by atoms with Gasteiger partial charge in [0, 0.05) is 30.1 Å². The summed E-state index contributed by atoms with van der Waals surface area (Å²) in [6, 6.07) is 9.00. The highest BCUT2D eigenvalue weighted by Crippen LogP contribution is 2.25. The summed E-state index contributed by atoms with van der Waals surface area (Å²) in [5, 5.41) is 7.40. The standard InChI is InChI=1S/C18H26N4O/c1-13(22-9-11-23-12-10-22)14-5-7-15(8-6-14)16-19-17(21-20-16)18(2,3)4/h5-8,13H,9-12H2,1-4H3,(H,19,20,21). The van der Waals surface area contributed by atoms with Gasteiger partial charge in [0.25, 0.3) is 0 Å². The molecule has 0 bridgehead atoms. The zero-order chi connectivity index (χ0) is 16.4.